The van der Waals surface area contributed by atoms with Crippen LogP contribution in [0.15, 0.2) is 12.1 Å². The maximum atomic E-state index is 12.7. The van der Waals surface area contributed by atoms with Crippen molar-refractivity contribution >= 4 is 11.8 Å². The van der Waals surface area contributed by atoms with Gasteiger partial charge in [-0.2, -0.15) is 0 Å². The van der Waals surface area contributed by atoms with Gasteiger partial charge in [0.2, 0.25) is 11.7 Å². The Morgan fingerprint density at radius 3 is 2.23 bits per heavy atom. The third-order valence-corrected chi connectivity index (χ3v) is 4.58. The number of nitrogens with one attached hydrogen (secondary N) is 1. The number of hydrogen-bond donors (Lipinski definition) is 1. The molecule has 7 heteroatoms. The van der Waals surface area contributed by atoms with E-state index in [-0.39, 0.29) is 17.9 Å². The van der Waals surface area contributed by atoms with Crippen LogP contribution in [0.3, 0.4) is 0 Å². The summed E-state index contributed by atoms with van der Waals surface area (Å²) in [6.45, 7) is 4.70. The molecule has 0 bridgehead atoms. The van der Waals surface area contributed by atoms with Gasteiger partial charge in [0, 0.05) is 18.2 Å². The van der Waals surface area contributed by atoms with E-state index < -0.39 is 6.04 Å². The number of nitrogens with zero attached hydrogens (tertiary/aromatic N) is 1. The van der Waals surface area contributed by atoms with Crippen molar-refractivity contribution in [2.75, 3.05) is 27.9 Å². The second-order valence-corrected chi connectivity index (χ2v) is 6.56. The van der Waals surface area contributed by atoms with Gasteiger partial charge in [0.25, 0.3) is 5.91 Å². The summed E-state index contributed by atoms with van der Waals surface area (Å²) < 4.78 is 15.9. The average Bonchev–Trinajstić information content (AvgIpc) is 2.82. The topological polar surface area (TPSA) is 77.1 Å². The van der Waals surface area contributed by atoms with Crippen molar-refractivity contribution in [2.45, 2.75) is 45.2 Å². The highest BCUT2D eigenvalue weighted by molar-refractivity contribution is 5.98. The third-order valence-electron chi connectivity index (χ3n) is 4.58. The maximum Gasteiger partial charge on any atom is 0.252 e. The standard InChI is InChI=1S/C19H28N2O5/c1-12(2)21-9-7-6-8-14(19(21)23)20-18(22)13-10-15(24-3)17(26-5)16(11-13)25-4/h10-12,14H,6-9H2,1-5H3,(H,20,22). The molecule has 1 N–H and O–H groups in total. The molecule has 2 amide bonds. The lowest BCUT2D eigenvalue weighted by Gasteiger charge is -2.28. The van der Waals surface area contributed by atoms with Crippen LogP contribution in [0, 0.1) is 0 Å². The van der Waals surface area contributed by atoms with Gasteiger partial charge in [-0.1, -0.05) is 0 Å². The summed E-state index contributed by atoms with van der Waals surface area (Å²) in [7, 11) is 4.49. The van der Waals surface area contributed by atoms with Crippen molar-refractivity contribution in [3.8, 4) is 17.2 Å². The molecule has 0 radical (unpaired) electrons. The molecule has 1 aliphatic heterocycles. The number of rotatable bonds is 6. The molecule has 1 aromatic rings. The van der Waals surface area contributed by atoms with E-state index in [2.05, 4.69) is 5.32 Å². The first-order chi connectivity index (χ1) is 12.4. The highest BCUT2D eigenvalue weighted by Gasteiger charge is 2.30. The summed E-state index contributed by atoms with van der Waals surface area (Å²) in [6.07, 6.45) is 2.48. The van der Waals surface area contributed by atoms with Crippen molar-refractivity contribution in [3.05, 3.63) is 17.7 Å². The van der Waals surface area contributed by atoms with Crippen molar-refractivity contribution in [1.82, 2.24) is 10.2 Å². The quantitative estimate of drug-likeness (QED) is 0.838. The Labute approximate surface area is 154 Å². The molecule has 26 heavy (non-hydrogen) atoms. The van der Waals surface area contributed by atoms with Crippen LogP contribution in [-0.4, -0.2) is 56.7 Å². The first kappa shape index (κ1) is 19.9. The van der Waals surface area contributed by atoms with Gasteiger partial charge in [-0.3, -0.25) is 9.59 Å². The molecule has 0 saturated carbocycles. The van der Waals surface area contributed by atoms with Crippen LogP contribution in [0.2, 0.25) is 0 Å². The number of ether oxygens (including phenoxy) is 3. The zero-order valence-corrected chi connectivity index (χ0v) is 16.1. The number of likely N-dealkylation sites (tertiary alicyclic amines) is 1. The molecule has 1 aromatic carbocycles. The molecule has 1 atom stereocenters. The fraction of sp³-hybridized carbons (Fsp3) is 0.579. The Morgan fingerprint density at radius 1 is 1.12 bits per heavy atom. The Kier molecular flexibility index (Phi) is 6.71. The van der Waals surface area contributed by atoms with Gasteiger partial charge in [-0.05, 0) is 45.2 Å². The molecule has 7 nitrogen and oxygen atoms in total. The van der Waals surface area contributed by atoms with Crippen molar-refractivity contribution in [3.63, 3.8) is 0 Å². The van der Waals surface area contributed by atoms with E-state index >= 15 is 0 Å². The molecule has 0 aliphatic carbocycles. The number of benzene rings is 1. The molecule has 2 rings (SSSR count). The van der Waals surface area contributed by atoms with Crippen molar-refractivity contribution < 1.29 is 23.8 Å². The van der Waals surface area contributed by atoms with E-state index in [9.17, 15) is 9.59 Å². The lowest BCUT2D eigenvalue weighted by atomic mass is 10.1. The molecule has 1 saturated heterocycles. The first-order valence-corrected chi connectivity index (χ1v) is 8.84. The van der Waals surface area contributed by atoms with Gasteiger partial charge in [0.15, 0.2) is 11.5 Å². The van der Waals surface area contributed by atoms with E-state index in [0.717, 1.165) is 19.4 Å². The van der Waals surface area contributed by atoms with Crippen LogP contribution >= 0.6 is 0 Å². The lowest BCUT2D eigenvalue weighted by molar-refractivity contribution is -0.134. The predicted molar refractivity (Wildman–Crippen MR) is 98.1 cm³/mol. The molecular weight excluding hydrogens is 336 g/mol. The number of amides is 2. The van der Waals surface area contributed by atoms with Gasteiger partial charge in [0.1, 0.15) is 6.04 Å². The minimum atomic E-state index is -0.522. The summed E-state index contributed by atoms with van der Waals surface area (Å²) in [4.78, 5) is 27.3. The Hall–Kier alpha value is -2.44. The van der Waals surface area contributed by atoms with Gasteiger partial charge in [0.05, 0.1) is 21.3 Å². The minimum Gasteiger partial charge on any atom is -0.493 e. The first-order valence-electron chi connectivity index (χ1n) is 8.84. The predicted octanol–water partition coefficient (Wildman–Crippen LogP) is 2.23. The van der Waals surface area contributed by atoms with Gasteiger partial charge >= 0.3 is 0 Å². The van der Waals surface area contributed by atoms with Crippen LogP contribution in [0.1, 0.15) is 43.5 Å². The molecule has 0 aromatic heterocycles. The van der Waals surface area contributed by atoms with E-state index in [1.807, 2.05) is 18.7 Å². The number of carbonyl (C=O) groups excluding carboxylic acids is 2. The Morgan fingerprint density at radius 2 is 1.73 bits per heavy atom. The van der Waals surface area contributed by atoms with Crippen molar-refractivity contribution in [1.29, 1.82) is 0 Å². The monoisotopic (exact) mass is 364 g/mol. The highest BCUT2D eigenvalue weighted by Crippen LogP contribution is 2.38. The summed E-state index contributed by atoms with van der Waals surface area (Å²) >= 11 is 0. The summed E-state index contributed by atoms with van der Waals surface area (Å²) in [6, 6.07) is 2.75. The van der Waals surface area contributed by atoms with E-state index in [1.165, 1.54) is 21.3 Å². The second-order valence-electron chi connectivity index (χ2n) is 6.56. The maximum absolute atomic E-state index is 12.7. The molecule has 1 fully saturated rings. The van der Waals surface area contributed by atoms with Crippen LogP contribution in [0.4, 0.5) is 0 Å². The molecule has 1 unspecified atom stereocenters. The molecule has 1 aliphatic rings. The van der Waals surface area contributed by atoms with Gasteiger partial charge < -0.3 is 24.4 Å². The van der Waals surface area contributed by atoms with E-state index in [4.69, 9.17) is 14.2 Å². The fourth-order valence-corrected chi connectivity index (χ4v) is 3.16. The Balaban J connectivity index is 2.24. The fourth-order valence-electron chi connectivity index (χ4n) is 3.16. The van der Waals surface area contributed by atoms with E-state index in [0.29, 0.717) is 29.2 Å². The SMILES string of the molecule is COc1cc(C(=O)NC2CCCCN(C(C)C)C2=O)cc(OC)c1OC. The van der Waals surface area contributed by atoms with Crippen LogP contribution in [-0.2, 0) is 4.79 Å². The summed E-state index contributed by atoms with van der Waals surface area (Å²) in [5, 5.41) is 2.87. The Bertz CT molecular complexity index is 634. The summed E-state index contributed by atoms with van der Waals surface area (Å²) in [5.41, 5.74) is 0.354. The molecule has 1 heterocycles. The van der Waals surface area contributed by atoms with Crippen LogP contribution < -0.4 is 19.5 Å². The normalized spacial score (nSPS) is 17.7. The smallest absolute Gasteiger partial charge is 0.252 e. The van der Waals surface area contributed by atoms with Gasteiger partial charge in [-0.25, -0.2) is 0 Å². The number of carbonyl (C=O) groups is 2. The summed E-state index contributed by atoms with van der Waals surface area (Å²) in [5.74, 6) is 0.843. The van der Waals surface area contributed by atoms with Crippen molar-refractivity contribution in [2.24, 2.45) is 0 Å². The minimum absolute atomic E-state index is 0.0294. The number of methoxy groups -OCH3 is 3. The largest absolute Gasteiger partial charge is 0.493 e. The third kappa shape index (κ3) is 4.20. The van der Waals surface area contributed by atoms with Crippen LogP contribution in [0.5, 0.6) is 17.2 Å². The van der Waals surface area contributed by atoms with Gasteiger partial charge in [-0.15, -0.1) is 0 Å². The lowest BCUT2D eigenvalue weighted by Crippen LogP contribution is -2.49. The average molecular weight is 364 g/mol. The van der Waals surface area contributed by atoms with E-state index in [1.54, 1.807) is 12.1 Å². The zero-order chi connectivity index (χ0) is 19.3. The highest BCUT2D eigenvalue weighted by atomic mass is 16.5. The molecule has 0 spiro atoms. The molecular formula is C19H28N2O5. The van der Waals surface area contributed by atoms with Crippen LogP contribution in [0.25, 0.3) is 0 Å². The zero-order valence-electron chi connectivity index (χ0n) is 16.1. The molecule has 144 valence electrons. The second kappa shape index (κ2) is 8.78. The number of hydrogen-bond acceptors (Lipinski definition) is 5.